The Kier molecular flexibility index (Phi) is 5.66. The number of halogens is 3. The summed E-state index contributed by atoms with van der Waals surface area (Å²) in [6.07, 6.45) is -3.97. The minimum absolute atomic E-state index is 0.0953. The molecule has 0 fully saturated rings. The molecule has 0 radical (unpaired) electrons. The van der Waals surface area contributed by atoms with Gasteiger partial charge in [0.25, 0.3) is 0 Å². The molecule has 0 aromatic heterocycles. The van der Waals surface area contributed by atoms with Crippen molar-refractivity contribution in [2.75, 3.05) is 6.54 Å². The molecule has 5 heteroatoms. The quantitative estimate of drug-likeness (QED) is 0.847. The Bertz CT molecular complexity index is 404. The summed E-state index contributed by atoms with van der Waals surface area (Å²) in [5.74, 6) is -0.0953. The molecule has 0 bridgehead atoms. The van der Waals surface area contributed by atoms with Gasteiger partial charge in [-0.15, -0.1) is 0 Å². The van der Waals surface area contributed by atoms with Crippen molar-refractivity contribution >= 4 is 0 Å². The Morgan fingerprint density at radius 3 is 2.47 bits per heavy atom. The van der Waals surface area contributed by atoms with Crippen molar-refractivity contribution in [3.05, 3.63) is 29.3 Å². The summed E-state index contributed by atoms with van der Waals surface area (Å²) in [6, 6.07) is 4.22. The van der Waals surface area contributed by atoms with E-state index < -0.39 is 11.7 Å². The predicted molar refractivity (Wildman–Crippen MR) is 69.2 cm³/mol. The van der Waals surface area contributed by atoms with Gasteiger partial charge in [0, 0.05) is 6.54 Å². The van der Waals surface area contributed by atoms with E-state index in [0.717, 1.165) is 6.07 Å². The van der Waals surface area contributed by atoms with Crippen molar-refractivity contribution in [1.82, 2.24) is 5.32 Å². The molecule has 1 rings (SSSR count). The normalized spacial score (nSPS) is 13.4. The lowest BCUT2D eigenvalue weighted by atomic mass is 10.1. The second-order valence-electron chi connectivity index (χ2n) is 4.45. The highest BCUT2D eigenvalue weighted by atomic mass is 19.4. The zero-order chi connectivity index (χ0) is 14.5. The van der Waals surface area contributed by atoms with Crippen molar-refractivity contribution in [1.29, 1.82) is 0 Å². The van der Waals surface area contributed by atoms with Crippen molar-refractivity contribution in [3.63, 3.8) is 0 Å². The van der Waals surface area contributed by atoms with Crippen LogP contribution in [0, 0.1) is 0 Å². The molecule has 0 heterocycles. The lowest BCUT2D eigenvalue weighted by molar-refractivity contribution is -0.139. The number of alkyl halides is 3. The minimum atomic E-state index is -4.40. The second kappa shape index (κ2) is 6.80. The number of benzene rings is 1. The molecule has 0 aliphatic rings. The number of ether oxygens (including phenoxy) is 1. The first kappa shape index (κ1) is 15.8. The highest BCUT2D eigenvalue weighted by Gasteiger charge is 2.34. The van der Waals surface area contributed by atoms with Crippen LogP contribution in [0.3, 0.4) is 0 Å². The zero-order valence-electron chi connectivity index (χ0n) is 11.5. The molecule has 0 aliphatic heterocycles. The van der Waals surface area contributed by atoms with E-state index in [1.165, 1.54) is 6.07 Å². The van der Waals surface area contributed by atoms with Crippen LogP contribution in [0.5, 0.6) is 5.75 Å². The van der Waals surface area contributed by atoms with E-state index >= 15 is 0 Å². The number of hydrogen-bond acceptors (Lipinski definition) is 2. The van der Waals surface area contributed by atoms with Crippen LogP contribution in [0.15, 0.2) is 18.2 Å². The summed E-state index contributed by atoms with van der Waals surface area (Å²) in [7, 11) is 0. The van der Waals surface area contributed by atoms with Crippen LogP contribution >= 0.6 is 0 Å². The fraction of sp³-hybridized carbons (Fsp3) is 0.571. The third kappa shape index (κ3) is 4.74. The maximum atomic E-state index is 13.0. The van der Waals surface area contributed by atoms with E-state index in [9.17, 15) is 13.2 Å². The molecule has 0 aliphatic carbocycles. The first-order valence-electron chi connectivity index (χ1n) is 6.46. The third-order valence-electron chi connectivity index (χ3n) is 2.83. The van der Waals surface area contributed by atoms with Gasteiger partial charge < -0.3 is 10.1 Å². The molecule has 1 unspecified atom stereocenters. The van der Waals surface area contributed by atoms with Crippen LogP contribution in [0.2, 0.25) is 0 Å². The molecule has 0 amide bonds. The van der Waals surface area contributed by atoms with Gasteiger partial charge in [-0.2, -0.15) is 13.2 Å². The summed E-state index contributed by atoms with van der Waals surface area (Å²) < 4.78 is 44.4. The fourth-order valence-electron chi connectivity index (χ4n) is 1.58. The first-order valence-corrected chi connectivity index (χ1v) is 6.46. The minimum Gasteiger partial charge on any atom is -0.490 e. The molecule has 1 N–H and O–H groups in total. The molecule has 1 aromatic carbocycles. The summed E-state index contributed by atoms with van der Waals surface area (Å²) in [5, 5.41) is 3.01. The first-order chi connectivity index (χ1) is 8.88. The summed E-state index contributed by atoms with van der Waals surface area (Å²) in [4.78, 5) is 0. The number of hydrogen-bond donors (Lipinski definition) is 1. The third-order valence-corrected chi connectivity index (χ3v) is 2.83. The Morgan fingerprint density at radius 2 is 1.95 bits per heavy atom. The van der Waals surface area contributed by atoms with E-state index in [0.29, 0.717) is 25.1 Å². The standard InChI is InChI=1S/C14H20F3NO/c1-4-10(3)19-13-7-6-11(9-18-5-2)8-12(13)14(15,16)17/h6-8,10,18H,4-5,9H2,1-3H3. The van der Waals surface area contributed by atoms with E-state index in [-0.39, 0.29) is 11.9 Å². The van der Waals surface area contributed by atoms with Gasteiger partial charge >= 0.3 is 6.18 Å². The zero-order valence-corrected chi connectivity index (χ0v) is 11.5. The molecule has 1 atom stereocenters. The summed E-state index contributed by atoms with van der Waals surface area (Å²) in [5.41, 5.74) is -0.103. The average Bonchev–Trinajstić information content (AvgIpc) is 2.36. The van der Waals surface area contributed by atoms with Gasteiger partial charge in [-0.05, 0) is 37.6 Å². The van der Waals surface area contributed by atoms with E-state index in [2.05, 4.69) is 5.32 Å². The molecular formula is C14H20F3NO. The molecule has 0 saturated heterocycles. The van der Waals surface area contributed by atoms with Crippen LogP contribution in [-0.4, -0.2) is 12.6 Å². The molecule has 0 spiro atoms. The lowest BCUT2D eigenvalue weighted by Gasteiger charge is -2.18. The molecule has 108 valence electrons. The number of nitrogens with one attached hydrogen (secondary N) is 1. The average molecular weight is 275 g/mol. The van der Waals surface area contributed by atoms with Gasteiger partial charge in [0.1, 0.15) is 5.75 Å². The van der Waals surface area contributed by atoms with Crippen molar-refractivity contribution in [3.8, 4) is 5.75 Å². The van der Waals surface area contributed by atoms with Crippen molar-refractivity contribution in [2.24, 2.45) is 0 Å². The second-order valence-corrected chi connectivity index (χ2v) is 4.45. The van der Waals surface area contributed by atoms with Gasteiger partial charge in [-0.1, -0.05) is 19.9 Å². The van der Waals surface area contributed by atoms with Gasteiger partial charge in [-0.25, -0.2) is 0 Å². The maximum absolute atomic E-state index is 13.0. The van der Waals surface area contributed by atoms with Crippen LogP contribution in [0.4, 0.5) is 13.2 Å². The van der Waals surface area contributed by atoms with E-state index in [1.54, 1.807) is 13.0 Å². The Hall–Kier alpha value is -1.23. The fourth-order valence-corrected chi connectivity index (χ4v) is 1.58. The van der Waals surface area contributed by atoms with E-state index in [1.807, 2.05) is 13.8 Å². The Morgan fingerprint density at radius 1 is 1.26 bits per heavy atom. The van der Waals surface area contributed by atoms with Crippen molar-refractivity contribution < 1.29 is 17.9 Å². The molecule has 0 saturated carbocycles. The molecule has 2 nitrogen and oxygen atoms in total. The highest BCUT2D eigenvalue weighted by Crippen LogP contribution is 2.37. The van der Waals surface area contributed by atoms with Crippen molar-refractivity contribution in [2.45, 2.75) is 46.0 Å². The maximum Gasteiger partial charge on any atom is 0.419 e. The van der Waals surface area contributed by atoms with E-state index in [4.69, 9.17) is 4.74 Å². The Labute approximate surface area is 112 Å². The largest absolute Gasteiger partial charge is 0.490 e. The molecule has 1 aromatic rings. The van der Waals surface area contributed by atoms with Gasteiger partial charge in [0.2, 0.25) is 0 Å². The topological polar surface area (TPSA) is 21.3 Å². The summed E-state index contributed by atoms with van der Waals surface area (Å²) in [6.45, 7) is 6.67. The molecule has 19 heavy (non-hydrogen) atoms. The summed E-state index contributed by atoms with van der Waals surface area (Å²) >= 11 is 0. The SMILES string of the molecule is CCNCc1ccc(OC(C)CC)c(C(F)(F)F)c1. The highest BCUT2D eigenvalue weighted by molar-refractivity contribution is 5.39. The van der Waals surface area contributed by atoms with Crippen LogP contribution in [-0.2, 0) is 12.7 Å². The van der Waals surface area contributed by atoms with Gasteiger partial charge in [-0.3, -0.25) is 0 Å². The van der Waals surface area contributed by atoms with Gasteiger partial charge in [0.15, 0.2) is 0 Å². The van der Waals surface area contributed by atoms with Gasteiger partial charge in [0.05, 0.1) is 11.7 Å². The smallest absolute Gasteiger partial charge is 0.419 e. The van der Waals surface area contributed by atoms with Crippen LogP contribution in [0.25, 0.3) is 0 Å². The van der Waals surface area contributed by atoms with Crippen LogP contribution < -0.4 is 10.1 Å². The predicted octanol–water partition coefficient (Wildman–Crippen LogP) is 3.99. The van der Waals surface area contributed by atoms with Crippen LogP contribution in [0.1, 0.15) is 38.3 Å². The Balaban J connectivity index is 3.03. The number of rotatable bonds is 6. The lowest BCUT2D eigenvalue weighted by Crippen LogP contribution is -2.16. The molecular weight excluding hydrogens is 255 g/mol. The monoisotopic (exact) mass is 275 g/mol.